The molecule has 0 unspecified atom stereocenters. The van der Waals surface area contributed by atoms with Crippen LogP contribution in [0.1, 0.15) is 68.3 Å². The molecule has 0 bridgehead atoms. The van der Waals surface area contributed by atoms with Gasteiger partial charge in [-0.25, -0.2) is 4.98 Å². The lowest BCUT2D eigenvalue weighted by atomic mass is 9.87. The van der Waals surface area contributed by atoms with Crippen LogP contribution in [-0.2, 0) is 18.6 Å². The Morgan fingerprint density at radius 3 is 2.32 bits per heavy atom. The second-order valence-electron chi connectivity index (χ2n) is 10.5. The number of nitrogens with zero attached hydrogens (tertiary/aromatic N) is 2. The van der Waals surface area contributed by atoms with Gasteiger partial charge in [0.25, 0.3) is 11.5 Å². The van der Waals surface area contributed by atoms with Crippen LogP contribution in [0.4, 0.5) is 0 Å². The van der Waals surface area contributed by atoms with E-state index in [4.69, 9.17) is 4.74 Å². The summed E-state index contributed by atoms with van der Waals surface area (Å²) in [6.45, 7) is 11.2. The van der Waals surface area contributed by atoms with Gasteiger partial charge < -0.3 is 14.6 Å². The lowest BCUT2D eigenvalue weighted by Crippen LogP contribution is -2.38. The number of rotatable bonds is 8. The number of H-pyrrole nitrogens is 1. The molecule has 0 saturated heterocycles. The lowest BCUT2D eigenvalue weighted by molar-refractivity contribution is 0.0666. The first-order valence-electron chi connectivity index (χ1n) is 12.8. The van der Waals surface area contributed by atoms with E-state index in [-0.39, 0.29) is 29.5 Å². The second kappa shape index (κ2) is 11.0. The number of hydrogen-bond acceptors (Lipinski definition) is 4. The quantitative estimate of drug-likeness (QED) is 0.313. The van der Waals surface area contributed by atoms with Gasteiger partial charge in [0.05, 0.1) is 17.4 Å². The highest BCUT2D eigenvalue weighted by Crippen LogP contribution is 2.25. The minimum Gasteiger partial charge on any atom is -0.489 e. The van der Waals surface area contributed by atoms with E-state index < -0.39 is 0 Å². The van der Waals surface area contributed by atoms with Gasteiger partial charge in [-0.05, 0) is 66.3 Å². The summed E-state index contributed by atoms with van der Waals surface area (Å²) in [6, 6.07) is 22.9. The third kappa shape index (κ3) is 6.26. The number of para-hydroxylation sites is 1. The first kappa shape index (κ1) is 26.1. The van der Waals surface area contributed by atoms with Gasteiger partial charge in [-0.15, -0.1) is 0 Å². The first-order valence-corrected chi connectivity index (χ1v) is 12.8. The van der Waals surface area contributed by atoms with Gasteiger partial charge in [0.1, 0.15) is 18.2 Å². The number of nitrogens with one attached hydrogen (secondary N) is 1. The van der Waals surface area contributed by atoms with Gasteiger partial charge >= 0.3 is 0 Å². The zero-order valence-electron chi connectivity index (χ0n) is 22.2. The summed E-state index contributed by atoms with van der Waals surface area (Å²) in [7, 11) is 0. The summed E-state index contributed by atoms with van der Waals surface area (Å²) in [6.07, 6.45) is 0.781. The molecule has 1 aromatic heterocycles. The molecule has 6 heteroatoms. The molecule has 0 spiro atoms. The molecule has 0 aliphatic heterocycles. The van der Waals surface area contributed by atoms with E-state index in [1.807, 2.05) is 68.4 Å². The Labute approximate surface area is 218 Å². The summed E-state index contributed by atoms with van der Waals surface area (Å²) in [5.74, 6) is 1.18. The van der Waals surface area contributed by atoms with Crippen LogP contribution < -0.4 is 10.3 Å². The Balaban J connectivity index is 1.46. The van der Waals surface area contributed by atoms with Crippen molar-refractivity contribution in [2.24, 2.45) is 0 Å². The molecule has 4 rings (SSSR count). The van der Waals surface area contributed by atoms with Crippen LogP contribution in [0.25, 0.3) is 10.9 Å². The number of ether oxygens (including phenoxy) is 1. The standard InChI is InChI=1S/C31H35N3O3/c1-6-21(2)34(19-28-32-27-10-8-7-9-26(27)29(35)33-28)30(36)23-13-11-22(12-14-23)20-37-25-17-15-24(16-18-25)31(3,4)5/h7-18,21H,6,19-20H2,1-5H3,(H,32,33,35)/t21-/m1/s1. The van der Waals surface area contributed by atoms with Crippen LogP contribution in [0.15, 0.2) is 77.6 Å². The molecule has 0 aliphatic carbocycles. The Bertz CT molecular complexity index is 1420. The molecule has 0 fully saturated rings. The van der Waals surface area contributed by atoms with Crippen molar-refractivity contribution in [3.8, 4) is 5.75 Å². The van der Waals surface area contributed by atoms with Crippen molar-refractivity contribution in [1.29, 1.82) is 0 Å². The van der Waals surface area contributed by atoms with Crippen LogP contribution in [0.2, 0.25) is 0 Å². The van der Waals surface area contributed by atoms with Crippen LogP contribution in [0.3, 0.4) is 0 Å². The Kier molecular flexibility index (Phi) is 7.77. The number of amides is 1. The molecule has 1 amide bonds. The summed E-state index contributed by atoms with van der Waals surface area (Å²) >= 11 is 0. The Morgan fingerprint density at radius 2 is 1.68 bits per heavy atom. The van der Waals surface area contributed by atoms with E-state index in [1.165, 1.54) is 5.56 Å². The molecule has 1 heterocycles. The number of hydrogen-bond donors (Lipinski definition) is 1. The van der Waals surface area contributed by atoms with Gasteiger partial charge in [-0.3, -0.25) is 9.59 Å². The number of benzene rings is 3. The zero-order valence-corrected chi connectivity index (χ0v) is 22.2. The SMILES string of the molecule is CC[C@@H](C)N(Cc1nc2ccccc2c(=O)[nH]1)C(=O)c1ccc(COc2ccc(C(C)(C)C)cc2)cc1. The molecule has 0 aliphatic rings. The third-order valence-corrected chi connectivity index (χ3v) is 6.69. The normalized spacial score (nSPS) is 12.4. The van der Waals surface area contributed by atoms with Crippen molar-refractivity contribution in [2.75, 3.05) is 0 Å². The average molecular weight is 498 g/mol. The Morgan fingerprint density at radius 1 is 1.00 bits per heavy atom. The van der Waals surface area contributed by atoms with E-state index in [9.17, 15) is 9.59 Å². The summed E-state index contributed by atoms with van der Waals surface area (Å²) in [5.41, 5.74) is 3.35. The fourth-order valence-corrected chi connectivity index (χ4v) is 4.15. The van der Waals surface area contributed by atoms with Gasteiger partial charge in [0.15, 0.2) is 0 Å². The van der Waals surface area contributed by atoms with Gasteiger partial charge in [-0.1, -0.05) is 64.1 Å². The highest BCUT2D eigenvalue weighted by molar-refractivity contribution is 5.94. The van der Waals surface area contributed by atoms with E-state index >= 15 is 0 Å². The predicted octanol–water partition coefficient (Wildman–Crippen LogP) is 6.24. The van der Waals surface area contributed by atoms with E-state index in [2.05, 4.69) is 42.9 Å². The number of aromatic amines is 1. The third-order valence-electron chi connectivity index (χ3n) is 6.69. The highest BCUT2D eigenvalue weighted by atomic mass is 16.5. The van der Waals surface area contributed by atoms with Crippen molar-refractivity contribution in [3.05, 3.63) is 106 Å². The van der Waals surface area contributed by atoms with Gasteiger partial charge in [0.2, 0.25) is 0 Å². The predicted molar refractivity (Wildman–Crippen MR) is 148 cm³/mol. The number of carbonyl (C=O) groups is 1. The molecule has 37 heavy (non-hydrogen) atoms. The maximum Gasteiger partial charge on any atom is 0.258 e. The van der Waals surface area contributed by atoms with Gasteiger partial charge in [-0.2, -0.15) is 0 Å². The summed E-state index contributed by atoms with van der Waals surface area (Å²) in [5, 5.41) is 0.538. The molecule has 0 saturated carbocycles. The second-order valence-corrected chi connectivity index (χ2v) is 10.5. The molecule has 3 aromatic carbocycles. The molecule has 192 valence electrons. The van der Waals surface area contributed by atoms with Crippen molar-refractivity contribution < 1.29 is 9.53 Å². The Hall–Kier alpha value is -3.93. The summed E-state index contributed by atoms with van der Waals surface area (Å²) < 4.78 is 5.95. The molecule has 1 atom stereocenters. The van der Waals surface area contributed by atoms with Gasteiger partial charge in [0, 0.05) is 11.6 Å². The fourth-order valence-electron chi connectivity index (χ4n) is 4.15. The average Bonchev–Trinajstić information content (AvgIpc) is 2.90. The molecular formula is C31H35N3O3. The number of carbonyl (C=O) groups excluding carboxylic acids is 1. The number of fused-ring (bicyclic) bond motifs is 1. The van der Waals surface area contributed by atoms with Crippen molar-refractivity contribution >= 4 is 16.8 Å². The van der Waals surface area contributed by atoms with E-state index in [1.54, 1.807) is 11.0 Å². The molecule has 1 N–H and O–H groups in total. The van der Waals surface area contributed by atoms with E-state index in [0.717, 1.165) is 17.7 Å². The van der Waals surface area contributed by atoms with Crippen molar-refractivity contribution in [1.82, 2.24) is 14.9 Å². The maximum absolute atomic E-state index is 13.5. The zero-order chi connectivity index (χ0) is 26.6. The molecule has 6 nitrogen and oxygen atoms in total. The molecule has 4 aromatic rings. The van der Waals surface area contributed by atoms with Crippen molar-refractivity contribution in [3.63, 3.8) is 0 Å². The minimum absolute atomic E-state index is 0.0247. The van der Waals surface area contributed by atoms with Crippen LogP contribution in [0, 0.1) is 0 Å². The highest BCUT2D eigenvalue weighted by Gasteiger charge is 2.22. The lowest BCUT2D eigenvalue weighted by Gasteiger charge is -2.28. The smallest absolute Gasteiger partial charge is 0.258 e. The van der Waals surface area contributed by atoms with Crippen LogP contribution in [0.5, 0.6) is 5.75 Å². The molecular weight excluding hydrogens is 462 g/mol. The molecule has 0 radical (unpaired) electrons. The van der Waals surface area contributed by atoms with Crippen LogP contribution >= 0.6 is 0 Å². The van der Waals surface area contributed by atoms with Crippen LogP contribution in [-0.4, -0.2) is 26.8 Å². The number of aromatic nitrogens is 2. The fraction of sp³-hybridized carbons (Fsp3) is 0.323. The first-order chi connectivity index (χ1) is 17.7. The largest absolute Gasteiger partial charge is 0.489 e. The summed E-state index contributed by atoms with van der Waals surface area (Å²) in [4.78, 5) is 35.2. The van der Waals surface area contributed by atoms with E-state index in [0.29, 0.717) is 28.9 Å². The monoisotopic (exact) mass is 497 g/mol. The topological polar surface area (TPSA) is 75.3 Å². The maximum atomic E-state index is 13.5. The van der Waals surface area contributed by atoms with Crippen molar-refractivity contribution in [2.45, 2.75) is 65.6 Å². The minimum atomic E-state index is -0.199.